The molecule has 0 fully saturated rings. The van der Waals surface area contributed by atoms with Crippen LogP contribution in [0.25, 0.3) is 0 Å². The number of nitrogens with two attached hydrogens (primary N) is 1. The number of hydrogen-bond donors (Lipinski definition) is 6. The first kappa shape index (κ1) is 33.9. The number of anilines is 2. The van der Waals surface area contributed by atoms with Crippen LogP contribution in [-0.4, -0.2) is 41.0 Å². The molecule has 4 aromatic carbocycles. The number of phenolic OH excluding ortho intramolecular Hbond substituents is 1. The molecule has 3 amide bonds. The van der Waals surface area contributed by atoms with Crippen molar-refractivity contribution in [1.82, 2.24) is 10.6 Å². The minimum absolute atomic E-state index is 0.0561. The van der Waals surface area contributed by atoms with Crippen molar-refractivity contribution in [3.05, 3.63) is 125 Å². The number of aromatic hydroxyl groups is 1. The van der Waals surface area contributed by atoms with Crippen molar-refractivity contribution in [3.63, 3.8) is 0 Å². The van der Waals surface area contributed by atoms with Gasteiger partial charge >= 0.3 is 5.92 Å². The number of amides is 3. The van der Waals surface area contributed by atoms with Gasteiger partial charge in [0.05, 0.1) is 0 Å². The molecule has 0 saturated heterocycles. The summed E-state index contributed by atoms with van der Waals surface area (Å²) in [4.78, 5) is 35.5. The first-order valence-electron chi connectivity index (χ1n) is 14.0. The zero-order valence-electron chi connectivity index (χ0n) is 24.8. The molecule has 0 aliphatic heterocycles. The second-order valence-corrected chi connectivity index (χ2v) is 10.3. The van der Waals surface area contributed by atoms with Gasteiger partial charge in [-0.05, 0) is 60.9 Å². The van der Waals surface area contributed by atoms with Crippen molar-refractivity contribution >= 4 is 35.3 Å². The van der Waals surface area contributed by atoms with E-state index in [-0.39, 0.29) is 11.8 Å². The van der Waals surface area contributed by atoms with E-state index in [4.69, 9.17) is 11.1 Å². The lowest BCUT2D eigenvalue weighted by atomic mass is 10.1. The molecule has 9 nitrogen and oxygen atoms in total. The van der Waals surface area contributed by atoms with Gasteiger partial charge in [-0.3, -0.25) is 14.4 Å². The summed E-state index contributed by atoms with van der Waals surface area (Å²) >= 11 is 0. The number of nitrogens with one attached hydrogen (secondary N) is 4. The maximum atomic E-state index is 12.7. The summed E-state index contributed by atoms with van der Waals surface area (Å²) in [6.45, 7) is 2.30. The van der Waals surface area contributed by atoms with Crippen LogP contribution in [-0.2, 0) is 16.0 Å². The van der Waals surface area contributed by atoms with Crippen molar-refractivity contribution in [3.8, 4) is 5.75 Å². The van der Waals surface area contributed by atoms with E-state index in [1.54, 1.807) is 61.5 Å². The second kappa shape index (κ2) is 15.8. The highest BCUT2D eigenvalue weighted by Crippen LogP contribution is 2.24. The molecule has 7 N–H and O–H groups in total. The van der Waals surface area contributed by atoms with Crippen LogP contribution in [0.3, 0.4) is 0 Å². The maximum absolute atomic E-state index is 12.7. The molecule has 11 heteroatoms. The van der Waals surface area contributed by atoms with E-state index in [1.807, 2.05) is 36.4 Å². The molecule has 234 valence electrons. The molecule has 2 atom stereocenters. The number of halogens is 2. The number of hydrogen-bond acceptors (Lipinski definition) is 6. The van der Waals surface area contributed by atoms with E-state index in [2.05, 4.69) is 16.0 Å². The van der Waals surface area contributed by atoms with Gasteiger partial charge in [0.25, 0.3) is 11.8 Å². The van der Waals surface area contributed by atoms with E-state index in [0.29, 0.717) is 41.4 Å². The van der Waals surface area contributed by atoms with Crippen LogP contribution in [0.1, 0.15) is 46.9 Å². The Morgan fingerprint density at radius 1 is 0.911 bits per heavy atom. The highest BCUT2D eigenvalue weighted by atomic mass is 19.3. The predicted molar refractivity (Wildman–Crippen MR) is 170 cm³/mol. The van der Waals surface area contributed by atoms with Crippen LogP contribution >= 0.6 is 0 Å². The number of carbonyl (C=O) groups excluding carboxylic acids is 3. The highest BCUT2D eigenvalue weighted by Gasteiger charge is 2.32. The van der Waals surface area contributed by atoms with E-state index in [1.165, 1.54) is 12.1 Å². The Bertz CT molecular complexity index is 1610. The fraction of sp³-hybridized carbons (Fsp3) is 0.176. The fourth-order valence-electron chi connectivity index (χ4n) is 4.22. The summed E-state index contributed by atoms with van der Waals surface area (Å²) < 4.78 is 25.2. The third-order valence-corrected chi connectivity index (χ3v) is 6.45. The maximum Gasteiger partial charge on any atom is 0.321 e. The molecule has 45 heavy (non-hydrogen) atoms. The molecule has 0 spiro atoms. The number of primary amides is 1. The van der Waals surface area contributed by atoms with Gasteiger partial charge in [-0.2, -0.15) is 8.78 Å². The topological polar surface area (TPSA) is 157 Å². The van der Waals surface area contributed by atoms with E-state index in [9.17, 15) is 28.3 Å². The van der Waals surface area contributed by atoms with Gasteiger partial charge in [-0.15, -0.1) is 0 Å². The first-order chi connectivity index (χ1) is 21.4. The van der Waals surface area contributed by atoms with Crippen LogP contribution < -0.4 is 21.7 Å². The molecule has 0 aliphatic carbocycles. The summed E-state index contributed by atoms with van der Waals surface area (Å²) in [7, 11) is 0. The second-order valence-electron chi connectivity index (χ2n) is 10.3. The number of benzene rings is 4. The van der Waals surface area contributed by atoms with Crippen LogP contribution in [0.5, 0.6) is 5.75 Å². The van der Waals surface area contributed by atoms with Crippen LogP contribution in [0.4, 0.5) is 20.2 Å². The van der Waals surface area contributed by atoms with Gasteiger partial charge in [-0.25, -0.2) is 0 Å². The number of phenols is 1. The molecule has 0 saturated carbocycles. The number of carbonyl (C=O) groups is 3. The smallest absolute Gasteiger partial charge is 0.321 e. The number of rotatable bonds is 11. The lowest BCUT2D eigenvalue weighted by molar-refractivity contribution is -0.143. The van der Waals surface area contributed by atoms with E-state index >= 15 is 0 Å². The van der Waals surface area contributed by atoms with E-state index in [0.717, 1.165) is 11.8 Å². The Morgan fingerprint density at radius 2 is 1.56 bits per heavy atom. The largest absolute Gasteiger partial charge is 0.508 e. The summed E-state index contributed by atoms with van der Waals surface area (Å²) in [5.74, 6) is -5.58. The Labute approximate surface area is 260 Å². The lowest BCUT2D eigenvalue weighted by Crippen LogP contribution is -2.43. The minimum atomic E-state index is -3.31. The SMILES string of the molecule is CC(Cc1ccccc1)NC(=O)C(C)(F)F.N=Cc1cc(O)ccc1Nc1cccc(C(=O)NC(C(N)=O)c2ccccc2)c1. The minimum Gasteiger partial charge on any atom is -0.508 e. The first-order valence-corrected chi connectivity index (χ1v) is 14.0. The Kier molecular flexibility index (Phi) is 11.9. The van der Waals surface area contributed by atoms with Gasteiger partial charge in [0.2, 0.25) is 5.91 Å². The Balaban J connectivity index is 0.000000292. The zero-order valence-corrected chi connectivity index (χ0v) is 24.8. The summed E-state index contributed by atoms with van der Waals surface area (Å²) in [6.07, 6.45) is 1.67. The summed E-state index contributed by atoms with van der Waals surface area (Å²) in [6, 6.07) is 28.3. The van der Waals surface area contributed by atoms with Gasteiger partial charge in [0, 0.05) is 41.7 Å². The van der Waals surface area contributed by atoms with E-state index < -0.39 is 29.7 Å². The van der Waals surface area contributed by atoms with Crippen molar-refractivity contribution < 1.29 is 28.3 Å². The van der Waals surface area contributed by atoms with Crippen molar-refractivity contribution in [2.45, 2.75) is 38.3 Å². The molecule has 0 heterocycles. The van der Waals surface area contributed by atoms with Crippen molar-refractivity contribution in [2.24, 2.45) is 5.73 Å². The van der Waals surface area contributed by atoms with Crippen LogP contribution in [0.2, 0.25) is 0 Å². The molecule has 0 radical (unpaired) electrons. The normalized spacial score (nSPS) is 12.0. The van der Waals surface area contributed by atoms with Gasteiger partial charge in [-0.1, -0.05) is 66.7 Å². The molecule has 4 rings (SSSR count). The predicted octanol–water partition coefficient (Wildman–Crippen LogP) is 5.48. The third-order valence-electron chi connectivity index (χ3n) is 6.45. The lowest BCUT2D eigenvalue weighted by Gasteiger charge is -2.17. The monoisotopic (exact) mass is 615 g/mol. The van der Waals surface area contributed by atoms with Gasteiger partial charge < -0.3 is 32.2 Å². The Hall–Kier alpha value is -5.58. The quantitative estimate of drug-likeness (QED) is 0.0973. The zero-order chi connectivity index (χ0) is 33.0. The van der Waals surface area contributed by atoms with Crippen molar-refractivity contribution in [1.29, 1.82) is 5.41 Å². The fourth-order valence-corrected chi connectivity index (χ4v) is 4.22. The Morgan fingerprint density at radius 3 is 2.16 bits per heavy atom. The average molecular weight is 616 g/mol. The highest BCUT2D eigenvalue weighted by molar-refractivity contribution is 5.98. The molecular weight excluding hydrogens is 580 g/mol. The molecule has 0 aliphatic rings. The molecule has 4 aromatic rings. The molecule has 0 bridgehead atoms. The van der Waals surface area contributed by atoms with Crippen LogP contribution in [0.15, 0.2) is 103 Å². The number of alkyl halides is 2. The third kappa shape index (κ3) is 10.6. The van der Waals surface area contributed by atoms with Crippen LogP contribution in [0, 0.1) is 5.41 Å². The molecule has 2 unspecified atom stereocenters. The summed E-state index contributed by atoms with van der Waals surface area (Å²) in [5, 5.41) is 25.1. The summed E-state index contributed by atoms with van der Waals surface area (Å²) in [5.41, 5.74) is 9.13. The molecular formula is C34H35F2N5O4. The average Bonchev–Trinajstić information content (AvgIpc) is 3.01. The van der Waals surface area contributed by atoms with Gasteiger partial charge in [0.1, 0.15) is 11.8 Å². The molecule has 0 aromatic heterocycles. The standard InChI is InChI=1S/C22H20N4O3.C12H15F2NO/c23-13-16-12-18(27)9-10-19(16)25-17-8-4-7-15(11-17)22(29)26-20(21(24)28)14-5-2-1-3-6-14;1-9(15-11(16)12(2,13)14)8-10-6-4-3-5-7-10/h1-13,20,23,25,27H,(H2,24,28)(H,26,29);3-7,9H,8H2,1-2H3,(H,15,16). The van der Waals surface area contributed by atoms with Gasteiger partial charge in [0.15, 0.2) is 0 Å². The van der Waals surface area contributed by atoms with Crippen molar-refractivity contribution in [2.75, 3.05) is 5.32 Å².